The van der Waals surface area contributed by atoms with Gasteiger partial charge in [-0.3, -0.25) is 0 Å². The highest BCUT2D eigenvalue weighted by molar-refractivity contribution is 8.13. The Kier molecular flexibility index (Phi) is 8.76. The molecule has 24 heavy (non-hydrogen) atoms. The van der Waals surface area contributed by atoms with E-state index in [0.29, 0.717) is 0 Å². The van der Waals surface area contributed by atoms with Gasteiger partial charge in [-0.15, -0.1) is 0 Å². The summed E-state index contributed by atoms with van der Waals surface area (Å²) in [4.78, 5) is 0. The number of hydrogen-bond acceptors (Lipinski definition) is 0. The third-order valence-electron chi connectivity index (χ3n) is 8.61. The maximum Gasteiger partial charge on any atom is 0.0367 e. The molecule has 0 nitrogen and oxygen atoms in total. The van der Waals surface area contributed by atoms with E-state index in [1.165, 1.54) is 25.7 Å². The van der Waals surface area contributed by atoms with Crippen molar-refractivity contribution in [1.29, 1.82) is 0 Å². The van der Waals surface area contributed by atoms with E-state index in [1.54, 1.807) is 49.9 Å². The normalized spacial score (nSPS) is 23.0. The van der Waals surface area contributed by atoms with E-state index in [2.05, 4.69) is 53.9 Å². The molecule has 1 aliphatic heterocycles. The van der Waals surface area contributed by atoms with Crippen LogP contribution >= 0.6 is 0 Å². The second kappa shape index (κ2) is 9.18. The van der Waals surface area contributed by atoms with Crippen LogP contribution in [0.4, 0.5) is 0 Å². The molecule has 0 saturated carbocycles. The molecule has 0 amide bonds. The number of hydrogen-bond donors (Lipinski definition) is 0. The summed E-state index contributed by atoms with van der Waals surface area (Å²) >= 11 is 0. The van der Waals surface area contributed by atoms with Gasteiger partial charge in [0.1, 0.15) is 0 Å². The third kappa shape index (κ3) is 3.38. The maximum absolute atomic E-state index is 2.96. The van der Waals surface area contributed by atoms with Crippen molar-refractivity contribution < 1.29 is 0 Å². The van der Waals surface area contributed by atoms with Crippen molar-refractivity contribution in [2.24, 2.45) is 0 Å². The zero-order valence-electron chi connectivity index (χ0n) is 18.5. The van der Waals surface area contributed by atoms with E-state index in [9.17, 15) is 0 Å². The van der Waals surface area contributed by atoms with Gasteiger partial charge < -0.3 is 0 Å². The first kappa shape index (κ1) is 22.9. The molecule has 144 valence electrons. The van der Waals surface area contributed by atoms with Crippen molar-refractivity contribution >= 4 is 28.4 Å². The minimum absolute atomic E-state index is 0.936. The van der Waals surface area contributed by atoms with Crippen LogP contribution in [0.5, 0.6) is 0 Å². The predicted octanol–water partition coefficient (Wildman–Crippen LogP) is 7.83. The molecule has 4 heteroatoms. The Morgan fingerprint density at radius 3 is 0.792 bits per heavy atom. The Balaban J connectivity index is 3.27. The van der Waals surface area contributed by atoms with E-state index in [1.807, 2.05) is 0 Å². The van der Waals surface area contributed by atoms with Crippen molar-refractivity contribution in [3.8, 4) is 0 Å². The molecular weight excluding hydrogens is 353 g/mol. The molecule has 0 atom stereocenters. The van der Waals surface area contributed by atoms with Gasteiger partial charge in [0.05, 0.1) is 0 Å². The van der Waals surface area contributed by atoms with Crippen LogP contribution in [-0.4, -0.2) is 28.4 Å². The SMILES string of the molecule is CCCC[Si]1(CCCC)[Si](C)(C)[Si](CCCC)(CCCC)[Si]1(C)C. The largest absolute Gasteiger partial charge is 0.0735 e. The van der Waals surface area contributed by atoms with Gasteiger partial charge in [-0.25, -0.2) is 0 Å². The van der Waals surface area contributed by atoms with Crippen molar-refractivity contribution in [3.63, 3.8) is 0 Å². The Morgan fingerprint density at radius 2 is 0.625 bits per heavy atom. The molecule has 1 aliphatic rings. The standard InChI is InChI=1S/C20H48Si4/c1-9-13-17-23(18-14-10-2)21(5,6)24(19-15-11-3,20-16-12-4)22(23,7)8/h9-20H2,1-8H3. The summed E-state index contributed by atoms with van der Waals surface area (Å²) in [5.74, 6) is 0. The van der Waals surface area contributed by atoms with Crippen molar-refractivity contribution in [3.05, 3.63) is 0 Å². The van der Waals surface area contributed by atoms with Crippen molar-refractivity contribution in [2.45, 2.75) is 129 Å². The second-order valence-corrected chi connectivity index (χ2v) is 55.1. The summed E-state index contributed by atoms with van der Waals surface area (Å²) in [6.45, 7) is 21.6. The second-order valence-electron chi connectivity index (χ2n) is 9.83. The molecule has 1 fully saturated rings. The first-order chi connectivity index (χ1) is 11.2. The summed E-state index contributed by atoms with van der Waals surface area (Å²) < 4.78 is 0. The van der Waals surface area contributed by atoms with Gasteiger partial charge in [-0.2, -0.15) is 0 Å². The van der Waals surface area contributed by atoms with Crippen LogP contribution in [-0.2, 0) is 0 Å². The lowest BCUT2D eigenvalue weighted by Crippen LogP contribution is -3.03. The zero-order valence-corrected chi connectivity index (χ0v) is 22.5. The average molecular weight is 401 g/mol. The highest BCUT2D eigenvalue weighted by atomic mass is 30.2. The minimum Gasteiger partial charge on any atom is -0.0735 e. The first-order valence-corrected chi connectivity index (χ1v) is 26.1. The molecule has 0 bridgehead atoms. The van der Waals surface area contributed by atoms with Crippen molar-refractivity contribution in [1.82, 2.24) is 0 Å². The maximum atomic E-state index is 2.96. The average Bonchev–Trinajstić information content (AvgIpc) is 2.54. The van der Waals surface area contributed by atoms with Crippen LogP contribution < -0.4 is 0 Å². The lowest BCUT2D eigenvalue weighted by atomic mass is 10.4. The molecule has 0 aromatic heterocycles. The lowest BCUT2D eigenvalue weighted by Gasteiger charge is -2.77. The Morgan fingerprint density at radius 1 is 0.417 bits per heavy atom. The Bertz CT molecular complexity index is 308. The molecule has 0 aromatic carbocycles. The van der Waals surface area contributed by atoms with Crippen LogP contribution in [0.1, 0.15) is 79.1 Å². The summed E-state index contributed by atoms with van der Waals surface area (Å²) in [5, 5.41) is 0. The van der Waals surface area contributed by atoms with Gasteiger partial charge in [0.2, 0.25) is 0 Å². The molecule has 0 spiro atoms. The highest BCUT2D eigenvalue weighted by Crippen LogP contribution is 2.60. The molecule has 1 rings (SSSR count). The van der Waals surface area contributed by atoms with E-state index < -0.39 is 28.4 Å². The molecule has 0 radical (unpaired) electrons. The first-order valence-electron chi connectivity index (χ1n) is 11.2. The van der Waals surface area contributed by atoms with E-state index in [-0.39, 0.29) is 0 Å². The zero-order chi connectivity index (χ0) is 18.5. The summed E-state index contributed by atoms with van der Waals surface area (Å²) in [5.41, 5.74) is 0. The summed E-state index contributed by atoms with van der Waals surface area (Å²) in [7, 11) is -3.78. The summed E-state index contributed by atoms with van der Waals surface area (Å²) in [6.07, 6.45) is 12.0. The summed E-state index contributed by atoms with van der Waals surface area (Å²) in [6, 6.07) is 6.98. The molecular formula is C20H48Si4. The molecule has 1 heterocycles. The van der Waals surface area contributed by atoms with E-state index >= 15 is 0 Å². The van der Waals surface area contributed by atoms with Crippen LogP contribution in [0.3, 0.4) is 0 Å². The fourth-order valence-corrected chi connectivity index (χ4v) is 157. The minimum atomic E-state index is -0.955. The molecule has 1 saturated heterocycles. The quantitative estimate of drug-likeness (QED) is 0.293. The van der Waals surface area contributed by atoms with Crippen LogP contribution in [0.15, 0.2) is 0 Å². The number of rotatable bonds is 12. The Labute approximate surface area is 157 Å². The molecule has 0 aliphatic carbocycles. The topological polar surface area (TPSA) is 0 Å². The van der Waals surface area contributed by atoms with Crippen LogP contribution in [0.2, 0.25) is 50.4 Å². The lowest BCUT2D eigenvalue weighted by molar-refractivity contribution is 0.831. The fraction of sp³-hybridized carbons (Fsp3) is 1.00. The van der Waals surface area contributed by atoms with Gasteiger partial charge in [0, 0.05) is 28.4 Å². The predicted molar refractivity (Wildman–Crippen MR) is 125 cm³/mol. The Hall–Kier alpha value is 0.868. The molecule has 0 unspecified atom stereocenters. The smallest absolute Gasteiger partial charge is 0.0367 e. The van der Waals surface area contributed by atoms with E-state index in [0.717, 1.165) is 0 Å². The van der Waals surface area contributed by atoms with Gasteiger partial charge in [-0.1, -0.05) is 129 Å². The fourth-order valence-electron chi connectivity index (χ4n) is 7.08. The van der Waals surface area contributed by atoms with Gasteiger partial charge in [0.25, 0.3) is 0 Å². The van der Waals surface area contributed by atoms with Crippen LogP contribution in [0.25, 0.3) is 0 Å². The number of unbranched alkanes of at least 4 members (excludes halogenated alkanes) is 4. The third-order valence-corrected chi connectivity index (χ3v) is 106. The highest BCUT2D eigenvalue weighted by Gasteiger charge is 2.80. The van der Waals surface area contributed by atoms with Crippen molar-refractivity contribution in [2.75, 3.05) is 0 Å². The van der Waals surface area contributed by atoms with Gasteiger partial charge in [-0.05, 0) is 0 Å². The van der Waals surface area contributed by atoms with Gasteiger partial charge in [0.15, 0.2) is 0 Å². The monoisotopic (exact) mass is 400 g/mol. The molecule has 0 aromatic rings. The molecule has 0 N–H and O–H groups in total. The van der Waals surface area contributed by atoms with Crippen LogP contribution in [0, 0.1) is 0 Å². The van der Waals surface area contributed by atoms with Gasteiger partial charge >= 0.3 is 0 Å². The van der Waals surface area contributed by atoms with E-state index in [4.69, 9.17) is 0 Å².